The van der Waals surface area contributed by atoms with E-state index in [1.807, 2.05) is 7.05 Å². The average Bonchev–Trinajstić information content (AvgIpc) is 2.89. The smallest absolute Gasteiger partial charge is 0.225 e. The molecule has 0 radical (unpaired) electrons. The van der Waals surface area contributed by atoms with Crippen molar-refractivity contribution in [3.8, 4) is 0 Å². The van der Waals surface area contributed by atoms with Gasteiger partial charge in [-0.2, -0.15) is 0 Å². The van der Waals surface area contributed by atoms with Crippen LogP contribution in [0.4, 0.5) is 11.6 Å². The third-order valence-electron chi connectivity index (χ3n) is 4.59. The maximum atomic E-state index is 11.9. The molecule has 6 heteroatoms. The Morgan fingerprint density at radius 1 is 1.43 bits per heavy atom. The average molecular weight is 289 g/mol. The van der Waals surface area contributed by atoms with Crippen LogP contribution in [0.25, 0.3) is 0 Å². The van der Waals surface area contributed by atoms with Crippen molar-refractivity contribution in [2.24, 2.45) is 5.92 Å². The van der Waals surface area contributed by atoms with Crippen LogP contribution in [0.2, 0.25) is 0 Å². The molecule has 3 rings (SSSR count). The van der Waals surface area contributed by atoms with Crippen LogP contribution < -0.4 is 15.5 Å². The van der Waals surface area contributed by atoms with Crippen LogP contribution in [0.3, 0.4) is 0 Å². The highest BCUT2D eigenvalue weighted by atomic mass is 16.2. The molecule has 2 unspecified atom stereocenters. The predicted molar refractivity (Wildman–Crippen MR) is 82.6 cm³/mol. The lowest BCUT2D eigenvalue weighted by atomic mass is 9.91. The first-order valence-corrected chi connectivity index (χ1v) is 7.75. The molecule has 1 aromatic rings. The van der Waals surface area contributed by atoms with Crippen molar-refractivity contribution in [1.82, 2.24) is 15.3 Å². The van der Waals surface area contributed by atoms with Crippen molar-refractivity contribution < 1.29 is 4.79 Å². The van der Waals surface area contributed by atoms with Gasteiger partial charge in [-0.25, -0.2) is 9.97 Å². The number of nitrogens with zero attached hydrogens (tertiary/aromatic N) is 3. The second-order valence-corrected chi connectivity index (χ2v) is 5.80. The fourth-order valence-corrected chi connectivity index (χ4v) is 3.45. The molecule has 0 spiro atoms. The Morgan fingerprint density at radius 2 is 2.24 bits per heavy atom. The van der Waals surface area contributed by atoms with E-state index in [1.165, 1.54) is 0 Å². The van der Waals surface area contributed by atoms with Gasteiger partial charge in [0, 0.05) is 32.1 Å². The maximum Gasteiger partial charge on any atom is 0.225 e. The molecule has 2 aliphatic rings. The number of rotatable bonds is 3. The normalized spacial score (nSPS) is 24.7. The summed E-state index contributed by atoms with van der Waals surface area (Å²) in [7, 11) is 1.89. The molecule has 114 valence electrons. The number of hydrogen-bond donors (Lipinski definition) is 2. The van der Waals surface area contributed by atoms with Gasteiger partial charge < -0.3 is 15.5 Å². The lowest BCUT2D eigenvalue weighted by Gasteiger charge is -2.37. The summed E-state index contributed by atoms with van der Waals surface area (Å²) < 4.78 is 0. The Kier molecular flexibility index (Phi) is 3.69. The summed E-state index contributed by atoms with van der Waals surface area (Å²) in [6.07, 6.45) is 2.83. The zero-order chi connectivity index (χ0) is 15.0. The van der Waals surface area contributed by atoms with Gasteiger partial charge in [-0.3, -0.25) is 4.79 Å². The van der Waals surface area contributed by atoms with Gasteiger partial charge in [0.15, 0.2) is 0 Å². The second kappa shape index (κ2) is 5.50. The number of nitrogens with one attached hydrogen (secondary N) is 2. The second-order valence-electron chi connectivity index (χ2n) is 5.80. The van der Waals surface area contributed by atoms with E-state index in [2.05, 4.69) is 34.4 Å². The monoisotopic (exact) mass is 289 g/mol. The van der Waals surface area contributed by atoms with Gasteiger partial charge in [-0.1, -0.05) is 6.92 Å². The molecule has 0 aliphatic carbocycles. The summed E-state index contributed by atoms with van der Waals surface area (Å²) >= 11 is 0. The Morgan fingerprint density at radius 3 is 2.95 bits per heavy atom. The molecular formula is C15H23N5O. The van der Waals surface area contributed by atoms with Gasteiger partial charge in [-0.15, -0.1) is 0 Å². The van der Waals surface area contributed by atoms with Crippen LogP contribution in [0, 0.1) is 12.8 Å². The third kappa shape index (κ3) is 2.32. The number of amides is 1. The molecule has 1 aromatic heterocycles. The number of hydrogen-bond acceptors (Lipinski definition) is 5. The molecule has 1 amide bonds. The summed E-state index contributed by atoms with van der Waals surface area (Å²) in [6.45, 7) is 5.80. The number of anilines is 2. The maximum absolute atomic E-state index is 11.9. The number of aryl methyl sites for hydroxylation is 1. The standard InChI is InChI=1S/C15H23N5O/c1-4-12-18-13(16-3)9(2)14(19-12)20-7-5-6-10-11(20)8-17-15(10)21/h10-11H,4-8H2,1-3H3,(H,17,21)(H,16,18,19). The first-order chi connectivity index (χ1) is 10.2. The SMILES string of the molecule is CCc1nc(NC)c(C)c(N2CCCC3C(=O)NCC32)n1. The first-order valence-electron chi connectivity index (χ1n) is 7.75. The van der Waals surface area contributed by atoms with Crippen molar-refractivity contribution in [3.63, 3.8) is 0 Å². The van der Waals surface area contributed by atoms with E-state index in [9.17, 15) is 4.79 Å². The molecule has 2 fully saturated rings. The van der Waals surface area contributed by atoms with Crippen molar-refractivity contribution >= 4 is 17.5 Å². The molecule has 21 heavy (non-hydrogen) atoms. The molecular weight excluding hydrogens is 266 g/mol. The van der Waals surface area contributed by atoms with E-state index >= 15 is 0 Å². The lowest BCUT2D eigenvalue weighted by Crippen LogP contribution is -2.46. The Bertz CT molecular complexity index is 559. The van der Waals surface area contributed by atoms with E-state index in [4.69, 9.17) is 4.98 Å². The minimum absolute atomic E-state index is 0.108. The van der Waals surface area contributed by atoms with E-state index < -0.39 is 0 Å². The van der Waals surface area contributed by atoms with Gasteiger partial charge in [0.25, 0.3) is 0 Å². The molecule has 2 N–H and O–H groups in total. The van der Waals surface area contributed by atoms with Crippen LogP contribution >= 0.6 is 0 Å². The van der Waals surface area contributed by atoms with Crippen molar-refractivity contribution in [2.45, 2.75) is 39.2 Å². The molecule has 2 atom stereocenters. The number of carbonyl (C=O) groups excluding carboxylic acids is 1. The number of carbonyl (C=O) groups is 1. The zero-order valence-electron chi connectivity index (χ0n) is 12.9. The molecule has 2 saturated heterocycles. The van der Waals surface area contributed by atoms with Crippen LogP contribution in [-0.4, -0.2) is 42.1 Å². The number of aromatic nitrogens is 2. The van der Waals surface area contributed by atoms with Crippen LogP contribution in [-0.2, 0) is 11.2 Å². The molecule has 0 saturated carbocycles. The Labute approximate surface area is 125 Å². The highest BCUT2D eigenvalue weighted by molar-refractivity contribution is 5.83. The van der Waals surface area contributed by atoms with Crippen molar-refractivity contribution in [3.05, 3.63) is 11.4 Å². The van der Waals surface area contributed by atoms with Gasteiger partial charge in [-0.05, 0) is 19.8 Å². The summed E-state index contributed by atoms with van der Waals surface area (Å²) in [5.74, 6) is 3.02. The molecule has 0 bridgehead atoms. The summed E-state index contributed by atoms with van der Waals surface area (Å²) in [5.41, 5.74) is 1.06. The van der Waals surface area contributed by atoms with E-state index in [0.29, 0.717) is 0 Å². The number of piperidine rings is 1. The highest BCUT2D eigenvalue weighted by Gasteiger charge is 2.41. The lowest BCUT2D eigenvalue weighted by molar-refractivity contribution is -0.122. The Balaban J connectivity index is 2.01. The Hall–Kier alpha value is -1.85. The highest BCUT2D eigenvalue weighted by Crippen LogP contribution is 2.33. The van der Waals surface area contributed by atoms with Crippen LogP contribution in [0.1, 0.15) is 31.2 Å². The minimum atomic E-state index is 0.108. The zero-order valence-corrected chi connectivity index (χ0v) is 12.9. The van der Waals surface area contributed by atoms with Gasteiger partial charge in [0.2, 0.25) is 5.91 Å². The summed E-state index contributed by atoms with van der Waals surface area (Å²) in [6, 6.07) is 0.231. The van der Waals surface area contributed by atoms with Crippen LogP contribution in [0.15, 0.2) is 0 Å². The minimum Gasteiger partial charge on any atom is -0.373 e. The third-order valence-corrected chi connectivity index (χ3v) is 4.59. The molecule has 0 aromatic carbocycles. The van der Waals surface area contributed by atoms with Crippen molar-refractivity contribution in [2.75, 3.05) is 30.4 Å². The molecule has 2 aliphatic heterocycles. The number of fused-ring (bicyclic) bond motifs is 1. The fraction of sp³-hybridized carbons (Fsp3) is 0.667. The predicted octanol–water partition coefficient (Wildman–Crippen LogP) is 1.10. The topological polar surface area (TPSA) is 70.2 Å². The fourth-order valence-electron chi connectivity index (χ4n) is 3.45. The van der Waals surface area contributed by atoms with Gasteiger partial charge in [0.05, 0.1) is 12.0 Å². The van der Waals surface area contributed by atoms with Gasteiger partial charge in [0.1, 0.15) is 17.5 Å². The van der Waals surface area contributed by atoms with E-state index in [0.717, 1.165) is 55.4 Å². The van der Waals surface area contributed by atoms with Crippen LogP contribution in [0.5, 0.6) is 0 Å². The first kappa shape index (κ1) is 14.1. The van der Waals surface area contributed by atoms with Crippen molar-refractivity contribution in [1.29, 1.82) is 0 Å². The largest absolute Gasteiger partial charge is 0.373 e. The summed E-state index contributed by atoms with van der Waals surface area (Å²) in [5, 5.41) is 6.16. The quantitative estimate of drug-likeness (QED) is 0.872. The van der Waals surface area contributed by atoms with E-state index in [-0.39, 0.29) is 17.9 Å². The molecule has 3 heterocycles. The molecule has 6 nitrogen and oxygen atoms in total. The summed E-state index contributed by atoms with van der Waals surface area (Å²) in [4.78, 5) is 23.5. The van der Waals surface area contributed by atoms with Gasteiger partial charge >= 0.3 is 0 Å². The van der Waals surface area contributed by atoms with E-state index in [1.54, 1.807) is 0 Å².